The number of rotatable bonds is 4. The molecule has 0 saturated heterocycles. The quantitative estimate of drug-likeness (QED) is 0.813. The number of hydrogen-bond donors (Lipinski definition) is 1. The van der Waals surface area contributed by atoms with Crippen LogP contribution < -0.4 is 5.73 Å². The Balaban J connectivity index is 2.64. The van der Waals surface area contributed by atoms with Gasteiger partial charge >= 0.3 is 0 Å². The maximum atomic E-state index is 13.4. The lowest BCUT2D eigenvalue weighted by Gasteiger charge is -2.08. The van der Waals surface area contributed by atoms with Crippen LogP contribution in [-0.4, -0.2) is 11.5 Å². The number of aromatic nitrogens is 1. The first-order valence-corrected chi connectivity index (χ1v) is 5.20. The molecule has 0 aromatic carbocycles. The highest BCUT2D eigenvalue weighted by molar-refractivity contribution is 7.11. The van der Waals surface area contributed by atoms with Gasteiger partial charge in [0.05, 0.1) is 0 Å². The number of aryl methyl sites for hydroxylation is 1. The van der Waals surface area contributed by atoms with Crippen molar-refractivity contribution in [2.75, 3.05) is 6.54 Å². The third-order valence-electron chi connectivity index (χ3n) is 1.69. The van der Waals surface area contributed by atoms with Crippen LogP contribution in [0, 0.1) is 0 Å². The van der Waals surface area contributed by atoms with Crippen molar-refractivity contribution in [2.45, 2.75) is 32.4 Å². The van der Waals surface area contributed by atoms with Gasteiger partial charge in [-0.2, -0.15) is 0 Å². The molecule has 0 amide bonds. The van der Waals surface area contributed by atoms with Crippen molar-refractivity contribution in [1.82, 2.24) is 4.98 Å². The molecule has 0 aliphatic heterocycles. The first kappa shape index (κ1) is 10.6. The minimum Gasteiger partial charge on any atom is -0.330 e. The molecule has 0 radical (unpaired) electrons. The van der Waals surface area contributed by atoms with Crippen molar-refractivity contribution in [3.05, 3.63) is 16.1 Å². The SMILES string of the molecule is CC(C)(F)c1ncc(CCCN)s1. The summed E-state index contributed by atoms with van der Waals surface area (Å²) in [7, 11) is 0. The molecule has 0 unspecified atom stereocenters. The van der Waals surface area contributed by atoms with E-state index in [4.69, 9.17) is 5.73 Å². The van der Waals surface area contributed by atoms with E-state index in [0.29, 0.717) is 11.6 Å². The summed E-state index contributed by atoms with van der Waals surface area (Å²) < 4.78 is 13.4. The maximum Gasteiger partial charge on any atom is 0.156 e. The zero-order chi connectivity index (χ0) is 9.90. The Morgan fingerprint density at radius 1 is 1.62 bits per heavy atom. The lowest BCUT2D eigenvalue weighted by Crippen LogP contribution is -2.07. The Morgan fingerprint density at radius 3 is 2.77 bits per heavy atom. The number of alkyl halides is 1. The predicted octanol–water partition coefficient (Wildman–Crippen LogP) is 2.24. The molecule has 1 heterocycles. The van der Waals surface area contributed by atoms with Gasteiger partial charge in [0.25, 0.3) is 0 Å². The van der Waals surface area contributed by atoms with Gasteiger partial charge in [-0.1, -0.05) is 0 Å². The van der Waals surface area contributed by atoms with Gasteiger partial charge in [0.15, 0.2) is 5.67 Å². The van der Waals surface area contributed by atoms with Gasteiger partial charge in [0.1, 0.15) is 5.01 Å². The van der Waals surface area contributed by atoms with Crippen LogP contribution in [0.4, 0.5) is 4.39 Å². The molecular formula is C9H15FN2S. The molecule has 4 heteroatoms. The van der Waals surface area contributed by atoms with Gasteiger partial charge in [0, 0.05) is 11.1 Å². The summed E-state index contributed by atoms with van der Waals surface area (Å²) in [5, 5.41) is 0.555. The fourth-order valence-corrected chi connectivity index (χ4v) is 1.92. The second-order valence-corrected chi connectivity index (χ2v) is 4.61. The molecule has 2 nitrogen and oxygen atoms in total. The Kier molecular flexibility index (Phi) is 3.39. The second kappa shape index (κ2) is 4.15. The standard InChI is InChI=1S/C9H15FN2S/c1-9(2,10)8-12-6-7(13-8)4-3-5-11/h6H,3-5,11H2,1-2H3. The van der Waals surface area contributed by atoms with Crippen molar-refractivity contribution < 1.29 is 4.39 Å². The largest absolute Gasteiger partial charge is 0.330 e. The summed E-state index contributed by atoms with van der Waals surface area (Å²) in [5.41, 5.74) is 4.07. The average Bonchev–Trinajstić information content (AvgIpc) is 2.47. The molecule has 0 atom stereocenters. The molecule has 74 valence electrons. The van der Waals surface area contributed by atoms with Crippen molar-refractivity contribution in [2.24, 2.45) is 5.73 Å². The molecule has 2 N–H and O–H groups in total. The molecule has 0 bridgehead atoms. The van der Waals surface area contributed by atoms with E-state index in [2.05, 4.69) is 4.98 Å². The summed E-state index contributed by atoms with van der Waals surface area (Å²) >= 11 is 1.44. The van der Waals surface area contributed by atoms with E-state index in [1.165, 1.54) is 25.2 Å². The van der Waals surface area contributed by atoms with Gasteiger partial charge in [-0.25, -0.2) is 9.37 Å². The lowest BCUT2D eigenvalue weighted by molar-refractivity contribution is 0.220. The van der Waals surface area contributed by atoms with E-state index in [-0.39, 0.29) is 0 Å². The Morgan fingerprint density at radius 2 is 2.31 bits per heavy atom. The summed E-state index contributed by atoms with van der Waals surface area (Å²) in [6, 6.07) is 0. The fraction of sp³-hybridized carbons (Fsp3) is 0.667. The average molecular weight is 202 g/mol. The third kappa shape index (κ3) is 3.04. The Bertz CT molecular complexity index is 265. The molecule has 0 saturated carbocycles. The predicted molar refractivity (Wildman–Crippen MR) is 53.6 cm³/mol. The number of hydrogen-bond acceptors (Lipinski definition) is 3. The van der Waals surface area contributed by atoms with Gasteiger partial charge < -0.3 is 5.73 Å². The summed E-state index contributed by atoms with van der Waals surface area (Å²) in [5.74, 6) is 0. The van der Waals surface area contributed by atoms with Crippen LogP contribution in [0.2, 0.25) is 0 Å². The first-order chi connectivity index (χ1) is 6.04. The fourth-order valence-electron chi connectivity index (χ4n) is 0.974. The maximum absolute atomic E-state index is 13.4. The molecule has 0 fully saturated rings. The van der Waals surface area contributed by atoms with Gasteiger partial charge in [-0.3, -0.25) is 0 Å². The van der Waals surface area contributed by atoms with Crippen LogP contribution in [0.3, 0.4) is 0 Å². The van der Waals surface area contributed by atoms with E-state index in [1.54, 1.807) is 6.20 Å². The highest BCUT2D eigenvalue weighted by atomic mass is 32.1. The Hall–Kier alpha value is -0.480. The monoisotopic (exact) mass is 202 g/mol. The molecule has 0 aliphatic rings. The van der Waals surface area contributed by atoms with Crippen molar-refractivity contribution in [3.8, 4) is 0 Å². The topological polar surface area (TPSA) is 38.9 Å². The zero-order valence-electron chi connectivity index (χ0n) is 8.01. The number of nitrogens with two attached hydrogens (primary N) is 1. The van der Waals surface area contributed by atoms with Gasteiger partial charge in [0.2, 0.25) is 0 Å². The third-order valence-corrected chi connectivity index (χ3v) is 3.05. The first-order valence-electron chi connectivity index (χ1n) is 4.38. The van der Waals surface area contributed by atoms with Gasteiger partial charge in [-0.15, -0.1) is 11.3 Å². The minimum atomic E-state index is -1.31. The van der Waals surface area contributed by atoms with E-state index >= 15 is 0 Å². The van der Waals surface area contributed by atoms with Gasteiger partial charge in [-0.05, 0) is 33.2 Å². The summed E-state index contributed by atoms with van der Waals surface area (Å²) in [4.78, 5) is 5.16. The molecule has 13 heavy (non-hydrogen) atoms. The zero-order valence-corrected chi connectivity index (χ0v) is 8.83. The van der Waals surface area contributed by atoms with Crippen molar-refractivity contribution in [3.63, 3.8) is 0 Å². The molecule has 1 rings (SSSR count). The van der Waals surface area contributed by atoms with Crippen LogP contribution >= 0.6 is 11.3 Å². The van der Waals surface area contributed by atoms with E-state index in [1.807, 2.05) is 0 Å². The van der Waals surface area contributed by atoms with Crippen LogP contribution in [0.15, 0.2) is 6.20 Å². The van der Waals surface area contributed by atoms with E-state index in [9.17, 15) is 4.39 Å². The van der Waals surface area contributed by atoms with Crippen molar-refractivity contribution >= 4 is 11.3 Å². The second-order valence-electron chi connectivity index (χ2n) is 3.50. The highest BCUT2D eigenvalue weighted by Gasteiger charge is 2.22. The number of halogens is 1. The molecule has 0 spiro atoms. The van der Waals surface area contributed by atoms with Crippen LogP contribution in [0.25, 0.3) is 0 Å². The highest BCUT2D eigenvalue weighted by Crippen LogP contribution is 2.28. The number of nitrogens with zero attached hydrogens (tertiary/aromatic N) is 1. The molecule has 1 aromatic heterocycles. The van der Waals surface area contributed by atoms with Crippen LogP contribution in [0.1, 0.15) is 30.2 Å². The van der Waals surface area contributed by atoms with Crippen LogP contribution in [-0.2, 0) is 12.1 Å². The number of thiazole rings is 1. The normalized spacial score (nSPS) is 12.0. The van der Waals surface area contributed by atoms with Crippen molar-refractivity contribution in [1.29, 1.82) is 0 Å². The molecule has 1 aromatic rings. The summed E-state index contributed by atoms with van der Waals surface area (Å²) in [6.45, 7) is 3.73. The molecule has 0 aliphatic carbocycles. The Labute approximate surface area is 82.0 Å². The summed E-state index contributed by atoms with van der Waals surface area (Å²) in [6.07, 6.45) is 3.59. The van der Waals surface area contributed by atoms with E-state index in [0.717, 1.165) is 17.7 Å². The van der Waals surface area contributed by atoms with E-state index < -0.39 is 5.67 Å². The molecular weight excluding hydrogens is 187 g/mol. The lowest BCUT2D eigenvalue weighted by atomic mass is 10.2. The van der Waals surface area contributed by atoms with Crippen LogP contribution in [0.5, 0.6) is 0 Å². The smallest absolute Gasteiger partial charge is 0.156 e. The minimum absolute atomic E-state index is 0.555.